The fourth-order valence-corrected chi connectivity index (χ4v) is 2.53. The SMILES string of the molecule is CCOC(=O)c1c(-c2ccc(OC)cc2)[nH]c2ccccc12. The third-order valence-electron chi connectivity index (χ3n) is 3.56. The molecule has 3 rings (SSSR count). The van der Waals surface area contributed by atoms with E-state index < -0.39 is 0 Å². The molecule has 0 aliphatic heterocycles. The molecule has 0 bridgehead atoms. The Morgan fingerprint density at radius 3 is 2.50 bits per heavy atom. The molecule has 0 spiro atoms. The lowest BCUT2D eigenvalue weighted by molar-refractivity contribution is 0.0529. The molecule has 1 heterocycles. The summed E-state index contributed by atoms with van der Waals surface area (Å²) in [5.74, 6) is 0.461. The number of aromatic amines is 1. The minimum absolute atomic E-state index is 0.314. The number of H-pyrrole nitrogens is 1. The first-order valence-electron chi connectivity index (χ1n) is 7.17. The second kappa shape index (κ2) is 5.93. The normalized spacial score (nSPS) is 10.6. The lowest BCUT2D eigenvalue weighted by Crippen LogP contribution is -2.05. The van der Waals surface area contributed by atoms with E-state index >= 15 is 0 Å². The van der Waals surface area contributed by atoms with Crippen LogP contribution in [-0.2, 0) is 4.74 Å². The molecule has 0 atom stereocenters. The zero-order chi connectivity index (χ0) is 15.5. The van der Waals surface area contributed by atoms with Crippen LogP contribution in [0.4, 0.5) is 0 Å². The Balaban J connectivity index is 2.18. The Bertz CT molecular complexity index is 803. The van der Waals surface area contributed by atoms with Crippen LogP contribution in [0.1, 0.15) is 17.3 Å². The van der Waals surface area contributed by atoms with Gasteiger partial charge in [-0.15, -0.1) is 0 Å². The van der Waals surface area contributed by atoms with Crippen LogP contribution in [0.2, 0.25) is 0 Å². The van der Waals surface area contributed by atoms with Crippen molar-refractivity contribution in [3.05, 3.63) is 54.1 Å². The number of hydrogen-bond donors (Lipinski definition) is 1. The monoisotopic (exact) mass is 295 g/mol. The van der Waals surface area contributed by atoms with Crippen molar-refractivity contribution in [3.8, 4) is 17.0 Å². The summed E-state index contributed by atoms with van der Waals surface area (Å²) < 4.78 is 10.4. The highest BCUT2D eigenvalue weighted by Gasteiger charge is 2.20. The fraction of sp³-hybridized carbons (Fsp3) is 0.167. The van der Waals surface area contributed by atoms with E-state index in [0.717, 1.165) is 27.9 Å². The summed E-state index contributed by atoms with van der Waals surface area (Å²) in [5, 5.41) is 0.867. The van der Waals surface area contributed by atoms with E-state index in [4.69, 9.17) is 9.47 Å². The molecule has 4 nitrogen and oxygen atoms in total. The predicted octanol–water partition coefficient (Wildman–Crippen LogP) is 4.02. The van der Waals surface area contributed by atoms with Gasteiger partial charge in [-0.3, -0.25) is 0 Å². The lowest BCUT2D eigenvalue weighted by atomic mass is 10.1. The van der Waals surface area contributed by atoms with E-state index in [1.54, 1.807) is 14.0 Å². The summed E-state index contributed by atoms with van der Waals surface area (Å²) in [7, 11) is 1.63. The number of nitrogens with one attached hydrogen (secondary N) is 1. The molecule has 0 fully saturated rings. The average Bonchev–Trinajstić information content (AvgIpc) is 2.94. The van der Waals surface area contributed by atoms with Crippen LogP contribution in [0.25, 0.3) is 22.2 Å². The summed E-state index contributed by atoms with van der Waals surface area (Å²) in [6, 6.07) is 15.3. The zero-order valence-corrected chi connectivity index (χ0v) is 12.6. The number of carbonyl (C=O) groups excluding carboxylic acids is 1. The van der Waals surface area contributed by atoms with Gasteiger partial charge in [-0.1, -0.05) is 18.2 Å². The van der Waals surface area contributed by atoms with Crippen LogP contribution in [0.15, 0.2) is 48.5 Å². The largest absolute Gasteiger partial charge is 0.497 e. The zero-order valence-electron chi connectivity index (χ0n) is 12.6. The summed E-state index contributed by atoms with van der Waals surface area (Å²) in [6.07, 6.45) is 0. The maximum atomic E-state index is 12.4. The number of carbonyl (C=O) groups is 1. The molecule has 0 saturated heterocycles. The number of benzene rings is 2. The van der Waals surface area contributed by atoms with Gasteiger partial charge < -0.3 is 14.5 Å². The smallest absolute Gasteiger partial charge is 0.340 e. The Hall–Kier alpha value is -2.75. The van der Waals surface area contributed by atoms with Gasteiger partial charge in [-0.2, -0.15) is 0 Å². The van der Waals surface area contributed by atoms with Crippen molar-refractivity contribution in [2.45, 2.75) is 6.92 Å². The molecule has 0 unspecified atom stereocenters. The molecule has 0 radical (unpaired) electrons. The second-order valence-corrected chi connectivity index (χ2v) is 4.87. The third-order valence-corrected chi connectivity index (χ3v) is 3.56. The number of aromatic nitrogens is 1. The number of fused-ring (bicyclic) bond motifs is 1. The summed E-state index contributed by atoms with van der Waals surface area (Å²) in [4.78, 5) is 15.7. The van der Waals surface area contributed by atoms with Gasteiger partial charge in [0.15, 0.2) is 0 Å². The molecule has 1 aromatic heterocycles. The highest BCUT2D eigenvalue weighted by atomic mass is 16.5. The van der Waals surface area contributed by atoms with Crippen molar-refractivity contribution in [1.82, 2.24) is 4.98 Å². The molecule has 22 heavy (non-hydrogen) atoms. The van der Waals surface area contributed by atoms with Gasteiger partial charge >= 0.3 is 5.97 Å². The molecule has 0 aliphatic rings. The van der Waals surface area contributed by atoms with E-state index in [2.05, 4.69) is 4.98 Å². The number of esters is 1. The van der Waals surface area contributed by atoms with Gasteiger partial charge in [0.2, 0.25) is 0 Å². The van der Waals surface area contributed by atoms with E-state index in [9.17, 15) is 4.79 Å². The summed E-state index contributed by atoms with van der Waals surface area (Å²) >= 11 is 0. The molecule has 4 heteroatoms. The molecule has 0 saturated carbocycles. The van der Waals surface area contributed by atoms with Gasteiger partial charge in [-0.05, 0) is 42.8 Å². The van der Waals surface area contributed by atoms with Crippen molar-refractivity contribution in [2.75, 3.05) is 13.7 Å². The molecular weight excluding hydrogens is 278 g/mol. The number of para-hydroxylation sites is 1. The maximum Gasteiger partial charge on any atom is 0.340 e. The minimum atomic E-state index is -0.314. The van der Waals surface area contributed by atoms with Gasteiger partial charge in [0.05, 0.1) is 25.0 Å². The highest BCUT2D eigenvalue weighted by molar-refractivity contribution is 6.10. The van der Waals surface area contributed by atoms with Crippen molar-refractivity contribution < 1.29 is 14.3 Å². The molecule has 0 aliphatic carbocycles. The van der Waals surface area contributed by atoms with Crippen molar-refractivity contribution in [2.24, 2.45) is 0 Å². The Kier molecular flexibility index (Phi) is 3.83. The lowest BCUT2D eigenvalue weighted by Gasteiger charge is -2.06. The summed E-state index contributed by atoms with van der Waals surface area (Å²) in [6.45, 7) is 2.15. The topological polar surface area (TPSA) is 51.3 Å². The number of hydrogen-bond acceptors (Lipinski definition) is 3. The van der Waals surface area contributed by atoms with E-state index in [-0.39, 0.29) is 5.97 Å². The highest BCUT2D eigenvalue weighted by Crippen LogP contribution is 2.31. The first kappa shape index (κ1) is 14.2. The van der Waals surface area contributed by atoms with Crippen LogP contribution in [-0.4, -0.2) is 24.7 Å². The molecule has 112 valence electrons. The molecule has 0 amide bonds. The van der Waals surface area contributed by atoms with Crippen molar-refractivity contribution >= 4 is 16.9 Å². The summed E-state index contributed by atoms with van der Waals surface area (Å²) in [5.41, 5.74) is 3.17. The Labute approximate surface area is 128 Å². The fourth-order valence-electron chi connectivity index (χ4n) is 2.53. The Morgan fingerprint density at radius 1 is 1.09 bits per heavy atom. The van der Waals surface area contributed by atoms with E-state index in [0.29, 0.717) is 12.2 Å². The van der Waals surface area contributed by atoms with Gasteiger partial charge in [0, 0.05) is 10.9 Å². The van der Waals surface area contributed by atoms with Crippen LogP contribution in [0.5, 0.6) is 5.75 Å². The minimum Gasteiger partial charge on any atom is -0.497 e. The Morgan fingerprint density at radius 2 is 1.82 bits per heavy atom. The standard InChI is InChI=1S/C18H17NO3/c1-3-22-18(20)16-14-6-4-5-7-15(14)19-17(16)12-8-10-13(21-2)11-9-12/h4-11,19H,3H2,1-2H3. The van der Waals surface area contributed by atoms with Crippen LogP contribution in [0.3, 0.4) is 0 Å². The molecule has 3 aromatic rings. The number of rotatable bonds is 4. The number of methoxy groups -OCH3 is 1. The second-order valence-electron chi connectivity index (χ2n) is 4.87. The quantitative estimate of drug-likeness (QED) is 0.740. The molecule has 1 N–H and O–H groups in total. The van der Waals surface area contributed by atoms with Crippen molar-refractivity contribution in [1.29, 1.82) is 0 Å². The molecule has 2 aromatic carbocycles. The maximum absolute atomic E-state index is 12.4. The van der Waals surface area contributed by atoms with E-state index in [1.807, 2.05) is 48.5 Å². The van der Waals surface area contributed by atoms with Gasteiger partial charge in [-0.25, -0.2) is 4.79 Å². The first-order valence-corrected chi connectivity index (χ1v) is 7.17. The predicted molar refractivity (Wildman–Crippen MR) is 86.2 cm³/mol. The van der Waals surface area contributed by atoms with Gasteiger partial charge in [0.25, 0.3) is 0 Å². The van der Waals surface area contributed by atoms with Gasteiger partial charge in [0.1, 0.15) is 5.75 Å². The average molecular weight is 295 g/mol. The molecular formula is C18H17NO3. The van der Waals surface area contributed by atoms with Crippen LogP contribution in [0, 0.1) is 0 Å². The third kappa shape index (κ3) is 2.44. The van der Waals surface area contributed by atoms with Crippen LogP contribution >= 0.6 is 0 Å². The van der Waals surface area contributed by atoms with Crippen LogP contribution < -0.4 is 4.74 Å². The number of ether oxygens (including phenoxy) is 2. The first-order chi connectivity index (χ1) is 10.7. The van der Waals surface area contributed by atoms with Crippen molar-refractivity contribution in [3.63, 3.8) is 0 Å². The van der Waals surface area contributed by atoms with E-state index in [1.165, 1.54) is 0 Å².